The number of benzene rings is 2. The second-order valence-electron chi connectivity index (χ2n) is 14.0. The van der Waals surface area contributed by atoms with Crippen LogP contribution in [0.1, 0.15) is 74.4 Å². The van der Waals surface area contributed by atoms with Crippen LogP contribution in [0.2, 0.25) is 5.02 Å². The molecule has 2 aromatic rings. The molecule has 0 aromatic heterocycles. The van der Waals surface area contributed by atoms with Gasteiger partial charge in [0.15, 0.2) is 0 Å². The van der Waals surface area contributed by atoms with Gasteiger partial charge in [-0.2, -0.15) is 0 Å². The van der Waals surface area contributed by atoms with Crippen molar-refractivity contribution in [2.24, 2.45) is 23.7 Å². The van der Waals surface area contributed by atoms with E-state index < -0.39 is 0 Å². The summed E-state index contributed by atoms with van der Waals surface area (Å²) in [6.07, 6.45) is 11.2. The van der Waals surface area contributed by atoms with Crippen molar-refractivity contribution in [1.29, 1.82) is 0 Å². The third-order valence-electron chi connectivity index (χ3n) is 10.6. The van der Waals surface area contributed by atoms with Gasteiger partial charge in [-0.15, -0.1) is 0 Å². The maximum Gasteiger partial charge on any atom is 0.261 e. The monoisotopic (exact) mass is 652 g/mol. The Kier molecular flexibility index (Phi) is 10.4. The minimum Gasteiger partial charge on any atom is -0.490 e. The van der Waals surface area contributed by atoms with E-state index in [9.17, 15) is 4.79 Å². The third kappa shape index (κ3) is 7.07. The molecule has 4 aliphatic rings. The normalized spacial score (nSPS) is 30.8. The van der Waals surface area contributed by atoms with Crippen LogP contribution in [0.15, 0.2) is 48.6 Å². The molecule has 0 unspecified atom stereocenters. The van der Waals surface area contributed by atoms with Gasteiger partial charge < -0.3 is 19.1 Å². The Morgan fingerprint density at radius 3 is 2.82 bits per heavy atom. The first-order valence-corrected chi connectivity index (χ1v) is 18.1. The molecule has 2 aliphatic heterocycles. The summed E-state index contributed by atoms with van der Waals surface area (Å²) in [5.41, 5.74) is 4.24. The van der Waals surface area contributed by atoms with E-state index in [0.717, 1.165) is 68.1 Å². The first-order valence-electron chi connectivity index (χ1n) is 16.8. The SMILES string of the molecule is COCCO[C@H]1/C=C\C[C@@H](C)[C@H](C(C)C)SNC(=O)c2ccc3c(c2)N(C[C@@H]2CC[C@H]21)C[C@@]1(CCCc2cc(Cl)ccc21)CO3. The van der Waals surface area contributed by atoms with E-state index in [2.05, 4.69) is 60.7 Å². The Morgan fingerprint density at radius 1 is 1.18 bits per heavy atom. The number of hydrogen-bond donors (Lipinski definition) is 1. The van der Waals surface area contributed by atoms with E-state index in [4.69, 9.17) is 25.8 Å². The maximum atomic E-state index is 13.6. The quantitative estimate of drug-likeness (QED) is 0.202. The molecule has 1 fully saturated rings. The number of nitrogens with zero attached hydrogens (tertiary/aromatic N) is 1. The van der Waals surface area contributed by atoms with E-state index in [-0.39, 0.29) is 22.7 Å². The van der Waals surface area contributed by atoms with Gasteiger partial charge in [0.25, 0.3) is 5.91 Å². The number of halogens is 1. The predicted molar refractivity (Wildman–Crippen MR) is 185 cm³/mol. The predicted octanol–water partition coefficient (Wildman–Crippen LogP) is 7.87. The summed E-state index contributed by atoms with van der Waals surface area (Å²) in [4.78, 5) is 16.1. The van der Waals surface area contributed by atoms with Gasteiger partial charge in [0.2, 0.25) is 0 Å². The Morgan fingerprint density at radius 2 is 2.04 bits per heavy atom. The van der Waals surface area contributed by atoms with Crippen LogP contribution in [0.25, 0.3) is 0 Å². The molecule has 45 heavy (non-hydrogen) atoms. The molecule has 2 aliphatic carbocycles. The summed E-state index contributed by atoms with van der Waals surface area (Å²) in [6, 6.07) is 12.4. The molecule has 0 radical (unpaired) electrons. The van der Waals surface area contributed by atoms with Crippen LogP contribution in [0.5, 0.6) is 5.75 Å². The zero-order valence-corrected chi connectivity index (χ0v) is 28.8. The zero-order valence-electron chi connectivity index (χ0n) is 27.2. The van der Waals surface area contributed by atoms with Crippen LogP contribution in [-0.2, 0) is 21.3 Å². The van der Waals surface area contributed by atoms with Crippen LogP contribution in [0, 0.1) is 23.7 Å². The number of carbonyl (C=O) groups excluding carboxylic acids is 1. The van der Waals surface area contributed by atoms with Crippen molar-refractivity contribution in [2.45, 2.75) is 76.1 Å². The highest BCUT2D eigenvalue weighted by atomic mass is 35.5. The fourth-order valence-corrected chi connectivity index (χ4v) is 9.20. The number of allylic oxidation sites excluding steroid dienone is 1. The molecule has 2 bridgehead atoms. The smallest absolute Gasteiger partial charge is 0.261 e. The molecule has 6 rings (SSSR count). The number of ether oxygens (including phenoxy) is 3. The number of amides is 1. The lowest BCUT2D eigenvalue weighted by Crippen LogP contribution is -2.49. The van der Waals surface area contributed by atoms with Gasteiger partial charge in [-0.05, 0) is 116 Å². The lowest BCUT2D eigenvalue weighted by molar-refractivity contribution is -0.0309. The molecule has 8 heteroatoms. The molecule has 1 N–H and O–H groups in total. The summed E-state index contributed by atoms with van der Waals surface area (Å²) in [5.74, 6) is 2.53. The van der Waals surface area contributed by atoms with E-state index in [1.54, 1.807) is 19.1 Å². The van der Waals surface area contributed by atoms with Crippen molar-refractivity contribution in [2.75, 3.05) is 44.9 Å². The Bertz CT molecular complexity index is 1380. The number of methoxy groups -OCH3 is 1. The van der Waals surface area contributed by atoms with Crippen molar-refractivity contribution in [3.8, 4) is 5.75 Å². The lowest BCUT2D eigenvalue weighted by atomic mass is 9.68. The van der Waals surface area contributed by atoms with Gasteiger partial charge in [-0.1, -0.05) is 50.6 Å². The van der Waals surface area contributed by atoms with Gasteiger partial charge in [0.05, 0.1) is 31.6 Å². The number of fused-ring (bicyclic) bond motifs is 4. The molecular weight excluding hydrogens is 604 g/mol. The van der Waals surface area contributed by atoms with E-state index >= 15 is 0 Å². The Labute approximate surface area is 278 Å². The molecule has 6 atom stereocenters. The lowest BCUT2D eigenvalue weighted by Gasteiger charge is -2.46. The summed E-state index contributed by atoms with van der Waals surface area (Å²) in [6.45, 7) is 10.3. The van der Waals surface area contributed by atoms with Gasteiger partial charge in [0.1, 0.15) is 5.75 Å². The number of carbonyl (C=O) groups is 1. The van der Waals surface area contributed by atoms with Crippen molar-refractivity contribution >= 4 is 35.1 Å². The molecule has 2 aromatic carbocycles. The highest BCUT2D eigenvalue weighted by molar-refractivity contribution is 7.98. The maximum absolute atomic E-state index is 13.6. The van der Waals surface area contributed by atoms with Crippen LogP contribution in [0.4, 0.5) is 5.69 Å². The molecule has 1 saturated carbocycles. The number of nitrogens with one attached hydrogen (secondary N) is 1. The topological polar surface area (TPSA) is 60.0 Å². The van der Waals surface area contributed by atoms with Gasteiger partial charge in [-0.25, -0.2) is 0 Å². The second-order valence-corrected chi connectivity index (χ2v) is 15.4. The Hall–Kier alpha value is -2.19. The van der Waals surface area contributed by atoms with Crippen molar-refractivity contribution in [3.05, 3.63) is 70.3 Å². The molecule has 1 amide bonds. The summed E-state index contributed by atoms with van der Waals surface area (Å²) < 4.78 is 21.8. The van der Waals surface area contributed by atoms with E-state index in [1.165, 1.54) is 11.1 Å². The van der Waals surface area contributed by atoms with Crippen LogP contribution < -0.4 is 14.4 Å². The number of anilines is 1. The molecule has 2 heterocycles. The van der Waals surface area contributed by atoms with E-state index in [1.807, 2.05) is 18.2 Å². The largest absolute Gasteiger partial charge is 0.490 e. The van der Waals surface area contributed by atoms with Gasteiger partial charge >= 0.3 is 0 Å². The fourth-order valence-electron chi connectivity index (χ4n) is 8.03. The number of aryl methyl sites for hydroxylation is 1. The third-order valence-corrected chi connectivity index (χ3v) is 12.4. The van der Waals surface area contributed by atoms with Crippen molar-refractivity contribution < 1.29 is 19.0 Å². The minimum atomic E-state index is -0.148. The van der Waals surface area contributed by atoms with Crippen molar-refractivity contribution in [3.63, 3.8) is 0 Å². The first-order chi connectivity index (χ1) is 21.8. The zero-order chi connectivity index (χ0) is 31.6. The summed E-state index contributed by atoms with van der Waals surface area (Å²) >= 11 is 8.03. The van der Waals surface area contributed by atoms with Crippen LogP contribution >= 0.6 is 23.5 Å². The highest BCUT2D eigenvalue weighted by Gasteiger charge is 2.44. The van der Waals surface area contributed by atoms with E-state index in [0.29, 0.717) is 49.1 Å². The van der Waals surface area contributed by atoms with Crippen LogP contribution in [0.3, 0.4) is 0 Å². The molecule has 244 valence electrons. The highest BCUT2D eigenvalue weighted by Crippen LogP contribution is 2.47. The molecule has 0 saturated heterocycles. The standard InChI is InChI=1S/C37H49ClN2O4S/c1-24(2)35-25(3)7-5-9-33(43-18-17-42-4)30-13-10-28(30)21-40-22-37(16-6-8-26-19-29(38)12-14-31(26)37)23-44-34-15-11-27(20-32(34)40)36(41)39-45-35/h5,9,11-12,14-15,19-20,24-25,28,30,33,35H,6-8,10,13,16-18,21-23H2,1-4H3,(H,39,41)/b9-5-/t25-,28+,30-,33+,35+,37+/m1/s1. The minimum absolute atomic E-state index is 0.0482. The fraction of sp³-hybridized carbons (Fsp3) is 0.595. The van der Waals surface area contributed by atoms with Gasteiger partial charge in [-0.3, -0.25) is 9.52 Å². The molecule has 6 nitrogen and oxygen atoms in total. The molecular formula is C37H49ClN2O4S. The summed E-state index contributed by atoms with van der Waals surface area (Å²) in [5, 5.41) is 1.08. The number of rotatable bonds is 5. The van der Waals surface area contributed by atoms with Gasteiger partial charge in [0, 0.05) is 41.5 Å². The average Bonchev–Trinajstić information content (AvgIpc) is 3.15. The molecule has 1 spiro atoms. The Balaban J connectivity index is 1.38. The number of hydrogen-bond acceptors (Lipinski definition) is 6. The van der Waals surface area contributed by atoms with Crippen LogP contribution in [-0.4, -0.2) is 57.3 Å². The second kappa shape index (κ2) is 14.3. The van der Waals surface area contributed by atoms with Crippen molar-refractivity contribution in [1.82, 2.24) is 4.72 Å². The first kappa shape index (κ1) is 32.7. The average molecular weight is 653 g/mol. The summed E-state index contributed by atoms with van der Waals surface area (Å²) in [7, 11) is 1.73.